The van der Waals surface area contributed by atoms with Gasteiger partial charge in [-0.3, -0.25) is 4.79 Å². The summed E-state index contributed by atoms with van der Waals surface area (Å²) in [7, 11) is -5.45. The molecule has 30 heavy (non-hydrogen) atoms. The quantitative estimate of drug-likeness (QED) is 0.766. The van der Waals surface area contributed by atoms with Gasteiger partial charge in [-0.05, 0) is 60.7 Å². The average molecular weight is 441 g/mol. The van der Waals surface area contributed by atoms with Crippen LogP contribution >= 0.6 is 0 Å². The highest BCUT2D eigenvalue weighted by molar-refractivity contribution is 7.92. The summed E-state index contributed by atoms with van der Waals surface area (Å²) in [4.78, 5) is 11.8. The van der Waals surface area contributed by atoms with E-state index in [9.17, 15) is 26.4 Å². The van der Waals surface area contributed by atoms with Gasteiger partial charge in [-0.1, -0.05) is 6.07 Å². The smallest absolute Gasteiger partial charge is 0.486 e. The average Bonchev–Trinajstić information content (AvgIpc) is 3.56. The minimum Gasteiger partial charge on any atom is -0.486 e. The molecule has 1 fully saturated rings. The molecule has 2 aromatic rings. The predicted octanol–water partition coefficient (Wildman–Crippen LogP) is 3.63. The normalized spacial score (nSPS) is 17.3. The summed E-state index contributed by atoms with van der Waals surface area (Å²) in [5, 5.41) is 2.90. The molecule has 160 valence electrons. The highest BCUT2D eigenvalue weighted by Gasteiger charge is 2.46. The van der Waals surface area contributed by atoms with Gasteiger partial charge in [0, 0.05) is 5.56 Å². The van der Waals surface area contributed by atoms with E-state index in [-0.39, 0.29) is 17.5 Å². The van der Waals surface area contributed by atoms with Crippen LogP contribution in [0.1, 0.15) is 34.8 Å². The van der Waals surface area contributed by atoms with Gasteiger partial charge in [0.2, 0.25) is 0 Å². The molecule has 0 saturated heterocycles. The van der Waals surface area contributed by atoms with Gasteiger partial charge in [0.05, 0.1) is 10.9 Å². The van der Waals surface area contributed by atoms with Crippen LogP contribution in [0.2, 0.25) is 0 Å². The molecule has 0 radical (unpaired) electrons. The highest BCUT2D eigenvalue weighted by atomic mass is 32.2. The number of sulfone groups is 1. The Balaban J connectivity index is 1.53. The number of alkyl halides is 3. The largest absolute Gasteiger partial charge is 0.501 e. The molecule has 1 aliphatic carbocycles. The Morgan fingerprint density at radius 3 is 2.23 bits per heavy atom. The van der Waals surface area contributed by atoms with Gasteiger partial charge in [-0.15, -0.1) is 0 Å². The zero-order chi connectivity index (χ0) is 21.5. The number of ether oxygens (including phenoxy) is 2. The van der Waals surface area contributed by atoms with Crippen molar-refractivity contribution in [2.75, 3.05) is 13.2 Å². The minimum atomic E-state index is -5.45. The third-order valence-corrected chi connectivity index (χ3v) is 6.54. The first-order chi connectivity index (χ1) is 14.2. The van der Waals surface area contributed by atoms with Gasteiger partial charge < -0.3 is 14.8 Å². The summed E-state index contributed by atoms with van der Waals surface area (Å²) in [6.45, 7) is 0.902. The van der Waals surface area contributed by atoms with Crippen LogP contribution in [-0.4, -0.2) is 33.0 Å². The third kappa shape index (κ3) is 3.96. The van der Waals surface area contributed by atoms with E-state index in [2.05, 4.69) is 5.32 Å². The number of carbonyl (C=O) groups excluding carboxylic acids is 1. The minimum absolute atomic E-state index is 0.0688. The first-order valence-corrected chi connectivity index (χ1v) is 10.8. The van der Waals surface area contributed by atoms with E-state index in [1.165, 1.54) is 0 Å². The van der Waals surface area contributed by atoms with Crippen molar-refractivity contribution in [2.45, 2.75) is 29.3 Å². The Morgan fingerprint density at radius 1 is 1.00 bits per heavy atom. The van der Waals surface area contributed by atoms with Crippen molar-refractivity contribution in [1.29, 1.82) is 0 Å². The summed E-state index contributed by atoms with van der Waals surface area (Å²) >= 11 is 0. The maximum Gasteiger partial charge on any atom is 0.501 e. The second-order valence-electron chi connectivity index (χ2n) is 7.17. The van der Waals surface area contributed by atoms with Crippen molar-refractivity contribution >= 4 is 15.7 Å². The summed E-state index contributed by atoms with van der Waals surface area (Å²) in [5.74, 6) is 0.965. The number of hydrogen-bond acceptors (Lipinski definition) is 5. The molecule has 4 rings (SSSR count). The topological polar surface area (TPSA) is 81.7 Å². The van der Waals surface area contributed by atoms with Crippen molar-refractivity contribution in [3.63, 3.8) is 0 Å². The fourth-order valence-electron chi connectivity index (χ4n) is 3.30. The monoisotopic (exact) mass is 441 g/mol. The van der Waals surface area contributed by atoms with Gasteiger partial charge in [0.25, 0.3) is 15.7 Å². The summed E-state index contributed by atoms with van der Waals surface area (Å²) in [5.41, 5.74) is -4.49. The lowest BCUT2D eigenvalue weighted by Crippen LogP contribution is -2.30. The molecule has 6 nitrogen and oxygen atoms in total. The molecule has 0 bridgehead atoms. The molecule has 1 amide bonds. The van der Waals surface area contributed by atoms with Crippen LogP contribution < -0.4 is 14.8 Å². The number of amides is 1. The Bertz CT molecular complexity index is 1060. The molecule has 2 aliphatic rings. The fourth-order valence-corrected chi connectivity index (χ4v) is 4.06. The summed E-state index contributed by atoms with van der Waals surface area (Å²) in [6, 6.07) is 8.85. The van der Waals surface area contributed by atoms with Crippen molar-refractivity contribution in [3.05, 3.63) is 53.6 Å². The Hall–Kier alpha value is -2.75. The third-order valence-electron chi connectivity index (χ3n) is 5.04. The van der Waals surface area contributed by atoms with Crippen LogP contribution in [0.5, 0.6) is 11.5 Å². The van der Waals surface area contributed by atoms with Gasteiger partial charge in [-0.25, -0.2) is 8.42 Å². The van der Waals surface area contributed by atoms with Crippen LogP contribution in [0.25, 0.3) is 0 Å². The van der Waals surface area contributed by atoms with Crippen molar-refractivity contribution in [3.8, 4) is 11.5 Å². The van der Waals surface area contributed by atoms with Gasteiger partial charge in [0.1, 0.15) is 13.2 Å². The molecule has 1 heterocycles. The predicted molar refractivity (Wildman–Crippen MR) is 100 cm³/mol. The molecule has 1 aliphatic heterocycles. The molecule has 0 spiro atoms. The maximum atomic E-state index is 12.7. The maximum absolute atomic E-state index is 12.7. The molecular weight excluding hydrogens is 423 g/mol. The van der Waals surface area contributed by atoms with Crippen molar-refractivity contribution in [1.82, 2.24) is 5.32 Å². The second kappa shape index (κ2) is 7.50. The van der Waals surface area contributed by atoms with Crippen LogP contribution in [-0.2, 0) is 9.84 Å². The number of fused-ring (bicyclic) bond motifs is 1. The number of halogens is 3. The SMILES string of the molecule is O=C(NC(c1ccc2c(c1)OCCO2)C1CC1)c1ccc(S(=O)(=O)C(F)(F)F)cc1. The number of carbonyl (C=O) groups is 1. The van der Waals surface area contributed by atoms with E-state index in [0.29, 0.717) is 24.7 Å². The van der Waals surface area contributed by atoms with Crippen molar-refractivity contribution in [2.24, 2.45) is 5.92 Å². The summed E-state index contributed by atoms with van der Waals surface area (Å²) in [6.07, 6.45) is 1.87. The second-order valence-corrected chi connectivity index (χ2v) is 9.11. The highest BCUT2D eigenvalue weighted by Crippen LogP contribution is 2.43. The summed E-state index contributed by atoms with van der Waals surface area (Å²) < 4.78 is 72.0. The van der Waals surface area contributed by atoms with Gasteiger partial charge >= 0.3 is 5.51 Å². The zero-order valence-electron chi connectivity index (χ0n) is 15.6. The van der Waals surface area contributed by atoms with Crippen LogP contribution in [0, 0.1) is 5.92 Å². The number of benzene rings is 2. The molecule has 1 unspecified atom stereocenters. The molecule has 2 aromatic carbocycles. The molecule has 1 N–H and O–H groups in total. The Labute approximate surface area is 170 Å². The lowest BCUT2D eigenvalue weighted by atomic mass is 10.0. The number of hydrogen-bond donors (Lipinski definition) is 1. The Morgan fingerprint density at radius 2 is 1.63 bits per heavy atom. The molecule has 0 aromatic heterocycles. The fraction of sp³-hybridized carbons (Fsp3) is 0.350. The van der Waals surface area contributed by atoms with E-state index in [1.54, 1.807) is 6.07 Å². The van der Waals surface area contributed by atoms with Crippen LogP contribution in [0.15, 0.2) is 47.4 Å². The van der Waals surface area contributed by atoms with Gasteiger partial charge in [0.15, 0.2) is 11.5 Å². The molecule has 1 saturated carbocycles. The zero-order valence-corrected chi connectivity index (χ0v) is 16.4. The Kier molecular flexibility index (Phi) is 5.13. The van der Waals surface area contributed by atoms with Crippen LogP contribution in [0.3, 0.4) is 0 Å². The van der Waals surface area contributed by atoms with E-state index in [4.69, 9.17) is 9.47 Å². The standard InChI is InChI=1S/C20H18F3NO5S/c21-20(22,23)30(26,27)15-6-3-13(4-7-15)19(25)24-18(12-1-2-12)14-5-8-16-17(11-14)29-10-9-28-16/h3-8,11-12,18H,1-2,9-10H2,(H,24,25). The van der Waals surface area contributed by atoms with E-state index < -0.39 is 26.1 Å². The van der Waals surface area contributed by atoms with Crippen molar-refractivity contribution < 1.29 is 35.9 Å². The van der Waals surface area contributed by atoms with Crippen LogP contribution in [0.4, 0.5) is 13.2 Å². The molecule has 10 heteroatoms. The van der Waals surface area contributed by atoms with E-state index in [0.717, 1.165) is 42.7 Å². The first-order valence-electron chi connectivity index (χ1n) is 9.28. The lowest BCUT2D eigenvalue weighted by Gasteiger charge is -2.23. The van der Waals surface area contributed by atoms with E-state index in [1.807, 2.05) is 12.1 Å². The van der Waals surface area contributed by atoms with Gasteiger partial charge in [-0.2, -0.15) is 13.2 Å². The number of rotatable bonds is 5. The molecular formula is C20H18F3NO5S. The molecule has 1 atom stereocenters. The van der Waals surface area contributed by atoms with E-state index >= 15 is 0 Å². The lowest BCUT2D eigenvalue weighted by molar-refractivity contribution is -0.0436. The number of nitrogens with one attached hydrogen (secondary N) is 1. The first kappa shape index (κ1) is 20.5.